The van der Waals surface area contributed by atoms with E-state index in [2.05, 4.69) is 50.6 Å². The van der Waals surface area contributed by atoms with E-state index in [1.54, 1.807) is 11.3 Å². The van der Waals surface area contributed by atoms with Gasteiger partial charge in [0.1, 0.15) is 0 Å². The average molecular weight is 413 g/mol. The number of carbonyl (C=O) groups excluding carboxylic acids is 1. The molecule has 0 saturated heterocycles. The number of nitrogens with one attached hydrogen (secondary N) is 1. The van der Waals surface area contributed by atoms with Gasteiger partial charge in [0.15, 0.2) is 11.0 Å². The lowest BCUT2D eigenvalue weighted by Gasteiger charge is -2.16. The highest BCUT2D eigenvalue weighted by atomic mass is 32.2. The predicted molar refractivity (Wildman–Crippen MR) is 115 cm³/mol. The van der Waals surface area contributed by atoms with Gasteiger partial charge in [-0.2, -0.15) is 0 Å². The molecule has 0 bridgehead atoms. The van der Waals surface area contributed by atoms with E-state index in [4.69, 9.17) is 0 Å². The topological polar surface area (TPSA) is 59.8 Å². The normalized spacial score (nSPS) is 14.8. The van der Waals surface area contributed by atoms with Crippen molar-refractivity contribution in [3.8, 4) is 10.7 Å². The van der Waals surface area contributed by atoms with Crippen LogP contribution in [0.5, 0.6) is 0 Å². The van der Waals surface area contributed by atoms with E-state index in [1.165, 1.54) is 17.3 Å². The first-order chi connectivity index (χ1) is 13.8. The molecule has 1 unspecified atom stereocenters. The number of amides is 1. The number of thioether (sulfide) groups is 1. The van der Waals surface area contributed by atoms with Gasteiger partial charge in [0.25, 0.3) is 0 Å². The molecule has 146 valence electrons. The Morgan fingerprint density at radius 1 is 1.25 bits per heavy atom. The third-order valence-electron chi connectivity index (χ3n) is 4.96. The van der Waals surface area contributed by atoms with Crippen molar-refractivity contribution in [1.82, 2.24) is 20.1 Å². The van der Waals surface area contributed by atoms with Gasteiger partial charge < -0.3 is 5.32 Å². The number of aromatic nitrogens is 3. The van der Waals surface area contributed by atoms with E-state index < -0.39 is 0 Å². The molecule has 0 aliphatic heterocycles. The first-order valence-electron chi connectivity index (χ1n) is 9.69. The van der Waals surface area contributed by atoms with Gasteiger partial charge in [-0.1, -0.05) is 55.1 Å². The molecule has 1 aliphatic carbocycles. The molecule has 1 saturated carbocycles. The van der Waals surface area contributed by atoms with Gasteiger partial charge in [-0.05, 0) is 36.3 Å². The maximum Gasteiger partial charge on any atom is 0.230 e. The summed E-state index contributed by atoms with van der Waals surface area (Å²) < 4.78 is 2.21. The van der Waals surface area contributed by atoms with Crippen LogP contribution in [0.4, 0.5) is 0 Å². The van der Waals surface area contributed by atoms with Crippen molar-refractivity contribution in [3.63, 3.8) is 0 Å². The monoisotopic (exact) mass is 412 g/mol. The minimum absolute atomic E-state index is 0.0439. The zero-order valence-electron chi connectivity index (χ0n) is 15.9. The second kappa shape index (κ2) is 8.92. The standard InChI is InChI=1S/C21H24N4OS2/c1-2-15(16-7-4-3-5-8-16)13-22-19(26)14-28-21-24-23-20(18-9-6-12-27-18)25(21)17-10-11-17/h3-9,12,15,17H,2,10-11,13-14H2,1H3,(H,22,26). The summed E-state index contributed by atoms with van der Waals surface area (Å²) in [4.78, 5) is 13.5. The number of hydrogen-bond acceptors (Lipinski definition) is 5. The molecule has 0 radical (unpaired) electrons. The lowest BCUT2D eigenvalue weighted by molar-refractivity contribution is -0.118. The lowest BCUT2D eigenvalue weighted by Crippen LogP contribution is -2.29. The summed E-state index contributed by atoms with van der Waals surface area (Å²) in [5.41, 5.74) is 1.27. The van der Waals surface area contributed by atoms with E-state index in [0.717, 1.165) is 35.1 Å². The summed E-state index contributed by atoms with van der Waals surface area (Å²) in [6.45, 7) is 2.82. The molecule has 0 spiro atoms. The molecule has 1 aromatic carbocycles. The highest BCUT2D eigenvalue weighted by Gasteiger charge is 2.30. The van der Waals surface area contributed by atoms with Crippen molar-refractivity contribution in [2.75, 3.05) is 12.3 Å². The summed E-state index contributed by atoms with van der Waals surface area (Å²) in [7, 11) is 0. The summed E-state index contributed by atoms with van der Waals surface area (Å²) in [6.07, 6.45) is 3.31. The molecule has 2 aromatic heterocycles. The predicted octanol–water partition coefficient (Wildman–Crippen LogP) is 4.74. The van der Waals surface area contributed by atoms with Crippen LogP contribution in [0, 0.1) is 0 Å². The van der Waals surface area contributed by atoms with Crippen LogP contribution < -0.4 is 5.32 Å². The van der Waals surface area contributed by atoms with Crippen LogP contribution in [-0.4, -0.2) is 33.0 Å². The van der Waals surface area contributed by atoms with Crippen LogP contribution in [0.1, 0.15) is 43.7 Å². The van der Waals surface area contributed by atoms with Crippen LogP contribution >= 0.6 is 23.1 Å². The second-order valence-electron chi connectivity index (χ2n) is 6.99. The SMILES string of the molecule is CCC(CNC(=O)CSc1nnc(-c2cccs2)n1C1CC1)c1ccccc1. The Bertz CT molecular complexity index is 904. The fourth-order valence-electron chi connectivity index (χ4n) is 3.25. The van der Waals surface area contributed by atoms with Gasteiger partial charge in [0.2, 0.25) is 5.91 Å². The largest absolute Gasteiger partial charge is 0.355 e. The van der Waals surface area contributed by atoms with Crippen molar-refractivity contribution in [2.24, 2.45) is 0 Å². The van der Waals surface area contributed by atoms with E-state index in [-0.39, 0.29) is 5.91 Å². The van der Waals surface area contributed by atoms with Crippen molar-refractivity contribution in [1.29, 1.82) is 0 Å². The Kier molecular flexibility index (Phi) is 6.12. The van der Waals surface area contributed by atoms with Gasteiger partial charge >= 0.3 is 0 Å². The van der Waals surface area contributed by atoms with Gasteiger partial charge in [-0.3, -0.25) is 9.36 Å². The van der Waals surface area contributed by atoms with Crippen LogP contribution in [0.25, 0.3) is 10.7 Å². The minimum Gasteiger partial charge on any atom is -0.355 e. The number of carbonyl (C=O) groups is 1. The molecule has 1 aliphatic rings. The summed E-state index contributed by atoms with van der Waals surface area (Å²) in [5, 5.41) is 14.7. The van der Waals surface area contributed by atoms with Gasteiger partial charge in [-0.15, -0.1) is 21.5 Å². The Balaban J connectivity index is 1.35. The zero-order valence-corrected chi connectivity index (χ0v) is 17.5. The summed E-state index contributed by atoms with van der Waals surface area (Å²) in [6, 6.07) is 14.9. The van der Waals surface area contributed by atoms with E-state index >= 15 is 0 Å². The molecule has 2 heterocycles. The zero-order chi connectivity index (χ0) is 19.3. The molecule has 1 amide bonds. The number of nitrogens with zero attached hydrogens (tertiary/aromatic N) is 3. The molecule has 28 heavy (non-hydrogen) atoms. The highest BCUT2D eigenvalue weighted by molar-refractivity contribution is 7.99. The fourth-order valence-corrected chi connectivity index (χ4v) is 4.79. The smallest absolute Gasteiger partial charge is 0.230 e. The maximum absolute atomic E-state index is 12.4. The molecule has 4 rings (SSSR count). The molecular weight excluding hydrogens is 388 g/mol. The molecule has 1 fully saturated rings. The fraction of sp³-hybridized carbons (Fsp3) is 0.381. The third kappa shape index (κ3) is 4.47. The van der Waals surface area contributed by atoms with E-state index in [9.17, 15) is 4.79 Å². The minimum atomic E-state index is 0.0439. The average Bonchev–Trinajstić information content (AvgIpc) is 3.25. The maximum atomic E-state index is 12.4. The van der Waals surface area contributed by atoms with E-state index in [0.29, 0.717) is 24.3 Å². The second-order valence-corrected chi connectivity index (χ2v) is 8.88. The first-order valence-corrected chi connectivity index (χ1v) is 11.6. The summed E-state index contributed by atoms with van der Waals surface area (Å²) >= 11 is 3.15. The van der Waals surface area contributed by atoms with Gasteiger partial charge in [0.05, 0.1) is 10.6 Å². The highest BCUT2D eigenvalue weighted by Crippen LogP contribution is 2.41. The van der Waals surface area contributed by atoms with Crippen molar-refractivity contribution in [3.05, 3.63) is 53.4 Å². The van der Waals surface area contributed by atoms with Crippen LogP contribution in [0.15, 0.2) is 53.0 Å². The Morgan fingerprint density at radius 3 is 2.75 bits per heavy atom. The summed E-state index contributed by atoms with van der Waals surface area (Å²) in [5.74, 6) is 1.68. The van der Waals surface area contributed by atoms with Gasteiger partial charge in [0, 0.05) is 18.5 Å². The number of benzene rings is 1. The van der Waals surface area contributed by atoms with Crippen molar-refractivity contribution >= 4 is 29.0 Å². The Hall–Kier alpha value is -2.12. The van der Waals surface area contributed by atoms with Crippen molar-refractivity contribution in [2.45, 2.75) is 43.3 Å². The number of thiophene rings is 1. The molecule has 5 nitrogen and oxygen atoms in total. The Labute approximate surface area is 173 Å². The number of rotatable bonds is 9. The molecule has 1 atom stereocenters. The van der Waals surface area contributed by atoms with Crippen LogP contribution in [0.3, 0.4) is 0 Å². The molecule has 3 aromatic rings. The third-order valence-corrected chi connectivity index (χ3v) is 6.77. The molecule has 1 N–H and O–H groups in total. The molecular formula is C21H24N4OS2. The van der Waals surface area contributed by atoms with Gasteiger partial charge in [-0.25, -0.2) is 0 Å². The van der Waals surface area contributed by atoms with E-state index in [1.807, 2.05) is 24.3 Å². The molecule has 7 heteroatoms. The van der Waals surface area contributed by atoms with Crippen molar-refractivity contribution < 1.29 is 4.79 Å². The van der Waals surface area contributed by atoms with Crippen LogP contribution in [-0.2, 0) is 4.79 Å². The number of hydrogen-bond donors (Lipinski definition) is 1. The lowest BCUT2D eigenvalue weighted by atomic mass is 9.96. The first kappa shape index (κ1) is 19.2. The Morgan fingerprint density at radius 2 is 2.07 bits per heavy atom. The quantitative estimate of drug-likeness (QED) is 0.516. The van der Waals surface area contributed by atoms with Crippen LogP contribution in [0.2, 0.25) is 0 Å².